The smallest absolute Gasteiger partial charge is 0.338 e. The van der Waals surface area contributed by atoms with Crippen LogP contribution in [0.15, 0.2) is 48.5 Å². The van der Waals surface area contributed by atoms with E-state index in [2.05, 4.69) is 5.09 Å². The molecular formula is C13H12ClFNO2P. The Bertz CT molecular complexity index is 618. The molecule has 0 aliphatic rings. The molecule has 0 fully saturated rings. The van der Waals surface area contributed by atoms with E-state index in [-0.39, 0.29) is 5.69 Å². The quantitative estimate of drug-likeness (QED) is 0.825. The lowest BCUT2D eigenvalue weighted by molar-refractivity contribution is 0.493. The van der Waals surface area contributed by atoms with Crippen molar-refractivity contribution in [2.45, 2.75) is 0 Å². The van der Waals surface area contributed by atoms with Gasteiger partial charge in [-0.25, -0.2) is 4.39 Å². The van der Waals surface area contributed by atoms with Crippen molar-refractivity contribution in [2.24, 2.45) is 0 Å². The fraction of sp³-hybridized carbons (Fsp3) is 0.0769. The maximum absolute atomic E-state index is 13.5. The summed E-state index contributed by atoms with van der Waals surface area (Å²) >= 11 is 5.74. The summed E-state index contributed by atoms with van der Waals surface area (Å²) < 4.78 is 31.0. The zero-order valence-corrected chi connectivity index (χ0v) is 11.8. The van der Waals surface area contributed by atoms with Crippen LogP contribution in [0.1, 0.15) is 0 Å². The highest BCUT2D eigenvalue weighted by molar-refractivity contribution is 7.60. The van der Waals surface area contributed by atoms with E-state index in [1.807, 2.05) is 0 Å². The molecule has 0 spiro atoms. The van der Waals surface area contributed by atoms with Gasteiger partial charge in [0.1, 0.15) is 11.6 Å². The first-order chi connectivity index (χ1) is 8.96. The predicted octanol–water partition coefficient (Wildman–Crippen LogP) is 4.79. The molecule has 0 heterocycles. The first-order valence-corrected chi connectivity index (χ1v) is 7.97. The number of rotatable bonds is 4. The van der Waals surface area contributed by atoms with Crippen LogP contribution in [0.4, 0.5) is 10.1 Å². The summed E-state index contributed by atoms with van der Waals surface area (Å²) in [5.74, 6) is -0.0802. The van der Waals surface area contributed by atoms with Gasteiger partial charge in [-0.05, 0) is 36.4 Å². The summed E-state index contributed by atoms with van der Waals surface area (Å²) in [5.41, 5.74) is 0.141. The van der Waals surface area contributed by atoms with E-state index in [9.17, 15) is 8.96 Å². The molecule has 0 amide bonds. The van der Waals surface area contributed by atoms with Crippen molar-refractivity contribution in [3.63, 3.8) is 0 Å². The SMILES string of the molecule is CP(=O)(Nc1ccccc1F)Oc1ccc(Cl)cc1. The minimum Gasteiger partial charge on any atom is -0.429 e. The van der Waals surface area contributed by atoms with E-state index in [4.69, 9.17) is 16.1 Å². The minimum atomic E-state index is -3.21. The number of nitrogens with one attached hydrogen (secondary N) is 1. The molecule has 0 saturated carbocycles. The molecule has 1 atom stereocenters. The Morgan fingerprint density at radius 2 is 1.79 bits per heavy atom. The molecule has 0 saturated heterocycles. The van der Waals surface area contributed by atoms with Crippen molar-refractivity contribution in [3.05, 3.63) is 59.4 Å². The molecule has 100 valence electrons. The number of anilines is 1. The van der Waals surface area contributed by atoms with Gasteiger partial charge in [-0.1, -0.05) is 23.7 Å². The van der Waals surface area contributed by atoms with Gasteiger partial charge in [-0.2, -0.15) is 0 Å². The van der Waals surface area contributed by atoms with Crippen LogP contribution in [0.25, 0.3) is 0 Å². The predicted molar refractivity (Wildman–Crippen MR) is 75.6 cm³/mol. The highest BCUT2D eigenvalue weighted by Gasteiger charge is 2.18. The highest BCUT2D eigenvalue weighted by atomic mass is 35.5. The van der Waals surface area contributed by atoms with Crippen LogP contribution in [0.3, 0.4) is 0 Å². The topological polar surface area (TPSA) is 38.3 Å². The third kappa shape index (κ3) is 3.98. The normalized spacial score (nSPS) is 13.6. The van der Waals surface area contributed by atoms with E-state index in [0.717, 1.165) is 0 Å². The van der Waals surface area contributed by atoms with Crippen LogP contribution in [0.2, 0.25) is 5.02 Å². The fourth-order valence-corrected chi connectivity index (χ4v) is 2.80. The van der Waals surface area contributed by atoms with Gasteiger partial charge < -0.3 is 9.61 Å². The van der Waals surface area contributed by atoms with Crippen LogP contribution in [0.5, 0.6) is 5.75 Å². The zero-order valence-electron chi connectivity index (χ0n) is 10.1. The lowest BCUT2D eigenvalue weighted by Gasteiger charge is -2.17. The van der Waals surface area contributed by atoms with Crippen molar-refractivity contribution in [1.82, 2.24) is 0 Å². The van der Waals surface area contributed by atoms with E-state index < -0.39 is 13.3 Å². The van der Waals surface area contributed by atoms with E-state index >= 15 is 0 Å². The van der Waals surface area contributed by atoms with Gasteiger partial charge in [0.15, 0.2) is 0 Å². The minimum absolute atomic E-state index is 0.141. The molecule has 3 nitrogen and oxygen atoms in total. The Kier molecular flexibility index (Phi) is 4.13. The fourth-order valence-electron chi connectivity index (χ4n) is 1.49. The third-order valence-electron chi connectivity index (χ3n) is 2.29. The van der Waals surface area contributed by atoms with Gasteiger partial charge >= 0.3 is 7.52 Å². The Labute approximate surface area is 115 Å². The maximum Gasteiger partial charge on any atom is 0.338 e. The summed E-state index contributed by atoms with van der Waals surface area (Å²) in [7, 11) is -3.21. The average Bonchev–Trinajstić information content (AvgIpc) is 2.35. The molecule has 0 radical (unpaired) electrons. The Hall–Kier alpha value is -1.51. The van der Waals surface area contributed by atoms with Gasteiger partial charge in [0.25, 0.3) is 0 Å². The van der Waals surface area contributed by atoms with Crippen LogP contribution < -0.4 is 9.61 Å². The molecule has 0 bridgehead atoms. The van der Waals surface area contributed by atoms with Crippen molar-refractivity contribution in [2.75, 3.05) is 11.8 Å². The summed E-state index contributed by atoms with van der Waals surface area (Å²) in [6, 6.07) is 12.4. The van der Waals surface area contributed by atoms with Gasteiger partial charge in [0.2, 0.25) is 0 Å². The first kappa shape index (κ1) is 13.9. The molecule has 1 N–H and O–H groups in total. The summed E-state index contributed by atoms with van der Waals surface area (Å²) in [5, 5.41) is 3.13. The van der Waals surface area contributed by atoms with Crippen molar-refractivity contribution in [3.8, 4) is 5.75 Å². The summed E-state index contributed by atoms with van der Waals surface area (Å²) in [6.07, 6.45) is 0. The van der Waals surface area contributed by atoms with Crippen LogP contribution in [0, 0.1) is 5.82 Å². The van der Waals surface area contributed by atoms with E-state index in [0.29, 0.717) is 10.8 Å². The second-order valence-corrected chi connectivity index (χ2v) is 6.52. The molecule has 2 rings (SSSR count). The second kappa shape index (κ2) is 5.64. The van der Waals surface area contributed by atoms with Crippen LogP contribution in [-0.4, -0.2) is 6.66 Å². The van der Waals surface area contributed by atoms with Crippen molar-refractivity contribution in [1.29, 1.82) is 0 Å². The van der Waals surface area contributed by atoms with Gasteiger partial charge in [0, 0.05) is 11.7 Å². The van der Waals surface area contributed by atoms with Crippen molar-refractivity contribution >= 4 is 24.8 Å². The molecule has 19 heavy (non-hydrogen) atoms. The third-order valence-corrected chi connectivity index (χ3v) is 3.75. The Morgan fingerprint density at radius 1 is 1.16 bits per heavy atom. The number of halogens is 2. The summed E-state index contributed by atoms with van der Waals surface area (Å²) in [6.45, 7) is 1.38. The molecule has 1 unspecified atom stereocenters. The second-order valence-electron chi connectivity index (χ2n) is 3.98. The van der Waals surface area contributed by atoms with Gasteiger partial charge in [-0.3, -0.25) is 4.57 Å². The molecule has 0 aliphatic heterocycles. The molecule has 0 aliphatic carbocycles. The first-order valence-electron chi connectivity index (χ1n) is 5.52. The average molecular weight is 300 g/mol. The molecule has 0 aromatic heterocycles. The standard InChI is InChI=1S/C13H12ClFNO2P/c1-19(17,16-13-5-3-2-4-12(13)15)18-11-8-6-10(14)7-9-11/h2-9H,1H3,(H,16,17). The monoisotopic (exact) mass is 299 g/mol. The molecule has 2 aromatic rings. The molecule has 6 heteroatoms. The number of hydrogen-bond acceptors (Lipinski definition) is 2. The zero-order chi connectivity index (χ0) is 13.9. The lowest BCUT2D eigenvalue weighted by Crippen LogP contribution is -2.03. The largest absolute Gasteiger partial charge is 0.429 e. The Morgan fingerprint density at radius 3 is 2.42 bits per heavy atom. The number of hydrogen-bond donors (Lipinski definition) is 1. The highest BCUT2D eigenvalue weighted by Crippen LogP contribution is 2.43. The van der Waals surface area contributed by atoms with Gasteiger partial charge in [-0.15, -0.1) is 0 Å². The van der Waals surface area contributed by atoms with Crippen LogP contribution >= 0.6 is 19.1 Å². The number of benzene rings is 2. The molecular weight excluding hydrogens is 288 g/mol. The summed E-state index contributed by atoms with van der Waals surface area (Å²) in [4.78, 5) is 0. The molecule has 2 aromatic carbocycles. The van der Waals surface area contributed by atoms with Crippen molar-refractivity contribution < 1.29 is 13.5 Å². The van der Waals surface area contributed by atoms with E-state index in [1.54, 1.807) is 36.4 Å². The Balaban J connectivity index is 2.13. The lowest BCUT2D eigenvalue weighted by atomic mass is 10.3. The maximum atomic E-state index is 13.5. The van der Waals surface area contributed by atoms with E-state index in [1.165, 1.54) is 18.8 Å². The van der Waals surface area contributed by atoms with Gasteiger partial charge in [0.05, 0.1) is 5.69 Å². The van der Waals surface area contributed by atoms with Crippen LogP contribution in [-0.2, 0) is 4.57 Å². The number of para-hydroxylation sites is 1.